The van der Waals surface area contributed by atoms with E-state index < -0.39 is 16.9 Å². The molecule has 2 aromatic carbocycles. The van der Waals surface area contributed by atoms with Crippen LogP contribution in [0.2, 0.25) is 0 Å². The molecule has 4 saturated carbocycles. The van der Waals surface area contributed by atoms with Crippen LogP contribution in [-0.2, 0) is 25.7 Å². The fourth-order valence-corrected chi connectivity index (χ4v) is 13.6. The first-order valence-corrected chi connectivity index (χ1v) is 20.9. The quantitative estimate of drug-likeness (QED) is 0.226. The van der Waals surface area contributed by atoms with Crippen LogP contribution >= 0.6 is 0 Å². The number of esters is 1. The fourth-order valence-electron chi connectivity index (χ4n) is 13.6. The number of rotatable bonds is 5. The maximum absolute atomic E-state index is 14.8. The van der Waals surface area contributed by atoms with Gasteiger partial charge in [0, 0.05) is 30.6 Å². The van der Waals surface area contributed by atoms with Crippen molar-refractivity contribution in [2.24, 2.45) is 50.2 Å². The van der Waals surface area contributed by atoms with Crippen LogP contribution in [0.1, 0.15) is 117 Å². The standard InChI is InChI=1S/C48H62N2O4/c1-43(2)20-22-48(42(52)54-31-32-12-10-9-11-13-32)23-21-47(7)40(36(48)29-43)35(33-14-16-34(17-15-33)50-24-26-53-27-25-50)28-39-45(5)30-37(49-8)41(51)44(3,4)38(45)18-19-46(39,47)6/h9-17,36-39H,18-31H2,1-7H3/t36?,37?,38?,39?,45-,46+,47+,48-/m0/s1. The molecule has 0 spiro atoms. The summed E-state index contributed by atoms with van der Waals surface area (Å²) in [6.45, 7) is 28.4. The highest BCUT2D eigenvalue weighted by Crippen LogP contribution is 2.77. The predicted molar refractivity (Wildman–Crippen MR) is 214 cm³/mol. The molecule has 0 bridgehead atoms. The zero-order valence-electron chi connectivity index (χ0n) is 33.9. The van der Waals surface area contributed by atoms with Crippen molar-refractivity contribution in [1.82, 2.24) is 0 Å². The first kappa shape index (κ1) is 37.5. The van der Waals surface area contributed by atoms with E-state index in [0.717, 1.165) is 83.2 Å². The molecule has 0 N–H and O–H groups in total. The molecule has 5 aliphatic carbocycles. The average molecular weight is 731 g/mol. The molecule has 0 amide bonds. The number of ether oxygens (including phenoxy) is 2. The summed E-state index contributed by atoms with van der Waals surface area (Å²) in [4.78, 5) is 35.1. The van der Waals surface area contributed by atoms with Crippen LogP contribution in [0.5, 0.6) is 0 Å². The van der Waals surface area contributed by atoms with Gasteiger partial charge in [0.1, 0.15) is 6.61 Å². The van der Waals surface area contributed by atoms with E-state index in [-0.39, 0.29) is 45.2 Å². The van der Waals surface area contributed by atoms with Crippen LogP contribution in [0.3, 0.4) is 0 Å². The molecule has 6 aliphatic rings. The Hall–Kier alpha value is -3.43. The maximum atomic E-state index is 14.8. The second kappa shape index (κ2) is 13.1. The molecular weight excluding hydrogens is 669 g/mol. The molecule has 1 aliphatic heterocycles. The van der Waals surface area contributed by atoms with Crippen molar-refractivity contribution in [3.63, 3.8) is 0 Å². The number of hydrogen-bond donors (Lipinski definition) is 0. The zero-order valence-corrected chi connectivity index (χ0v) is 33.9. The lowest BCUT2D eigenvalue weighted by atomic mass is 9.32. The van der Waals surface area contributed by atoms with Crippen LogP contribution in [0.4, 0.5) is 5.69 Å². The Morgan fingerprint density at radius 2 is 1.56 bits per heavy atom. The molecule has 8 atom stereocenters. The van der Waals surface area contributed by atoms with Crippen molar-refractivity contribution in [3.8, 4) is 0 Å². The molecule has 1 saturated heterocycles. The Morgan fingerprint density at radius 1 is 0.870 bits per heavy atom. The highest BCUT2D eigenvalue weighted by Gasteiger charge is 2.72. The summed E-state index contributed by atoms with van der Waals surface area (Å²) in [5.74, 6) is 0.742. The molecule has 0 aromatic heterocycles. The third kappa shape index (κ3) is 5.56. The van der Waals surface area contributed by atoms with Crippen LogP contribution in [0.25, 0.3) is 10.4 Å². The topological polar surface area (TPSA) is 60.2 Å². The average Bonchev–Trinajstić information content (AvgIpc) is 3.16. The first-order chi connectivity index (χ1) is 25.6. The third-order valence-corrected chi connectivity index (χ3v) is 16.8. The first-order valence-electron chi connectivity index (χ1n) is 20.9. The molecule has 8 rings (SSSR count). The number of Topliss-reactive ketones (excluding diaryl/α,β-unsaturated/α-hetero) is 1. The molecule has 5 fully saturated rings. The van der Waals surface area contributed by atoms with Crippen molar-refractivity contribution in [2.75, 3.05) is 31.2 Å². The van der Waals surface area contributed by atoms with Gasteiger partial charge in [-0.1, -0.05) is 96.5 Å². The van der Waals surface area contributed by atoms with Crippen molar-refractivity contribution >= 4 is 23.0 Å². The summed E-state index contributed by atoms with van der Waals surface area (Å²) in [5, 5.41) is 0. The highest BCUT2D eigenvalue weighted by atomic mass is 16.5. The Labute approximate surface area is 324 Å². The van der Waals surface area contributed by atoms with Crippen LogP contribution in [0.15, 0.2) is 60.2 Å². The minimum atomic E-state index is -0.587. The van der Waals surface area contributed by atoms with E-state index in [1.54, 1.807) is 0 Å². The fraction of sp³-hybridized carbons (Fsp3) is 0.646. The largest absolute Gasteiger partial charge is 0.460 e. The van der Waals surface area contributed by atoms with Gasteiger partial charge >= 0.3 is 5.97 Å². The summed E-state index contributed by atoms with van der Waals surface area (Å²) in [6.07, 6.45) is 8.22. The van der Waals surface area contributed by atoms with Crippen LogP contribution in [-0.4, -0.2) is 44.1 Å². The minimum Gasteiger partial charge on any atom is -0.460 e. The molecule has 2 aromatic rings. The van der Waals surface area contributed by atoms with Gasteiger partial charge in [0.2, 0.25) is 5.78 Å². The van der Waals surface area contributed by atoms with E-state index in [9.17, 15) is 9.59 Å². The monoisotopic (exact) mass is 730 g/mol. The second-order valence-corrected chi connectivity index (χ2v) is 20.2. The third-order valence-electron chi connectivity index (χ3n) is 16.8. The number of benzene rings is 2. The second-order valence-electron chi connectivity index (χ2n) is 20.2. The Kier molecular flexibility index (Phi) is 9.08. The molecule has 1 heterocycles. The van der Waals surface area contributed by atoms with Crippen molar-refractivity contribution in [3.05, 3.63) is 82.7 Å². The molecule has 288 valence electrons. The van der Waals surface area contributed by atoms with E-state index in [0.29, 0.717) is 18.9 Å². The maximum Gasteiger partial charge on any atom is 0.313 e. The number of carbonyl (C=O) groups excluding carboxylic acids is 2. The van der Waals surface area contributed by atoms with Gasteiger partial charge in [-0.15, -0.1) is 0 Å². The number of allylic oxidation sites excluding steroid dienone is 2. The predicted octanol–water partition coefficient (Wildman–Crippen LogP) is 10.4. The number of hydrogen-bond acceptors (Lipinski definition) is 5. The van der Waals surface area contributed by atoms with Gasteiger partial charge in [0.15, 0.2) is 0 Å². The molecule has 0 radical (unpaired) electrons. The number of nitrogens with zero attached hydrogens (tertiary/aromatic N) is 2. The normalized spacial score (nSPS) is 38.3. The van der Waals surface area contributed by atoms with Crippen LogP contribution < -0.4 is 4.90 Å². The summed E-state index contributed by atoms with van der Waals surface area (Å²) in [6, 6.07) is 18.8. The minimum absolute atomic E-state index is 0.0150. The molecule has 6 nitrogen and oxygen atoms in total. The summed E-state index contributed by atoms with van der Waals surface area (Å²) < 4.78 is 12.0. The zero-order chi connectivity index (χ0) is 38.3. The molecular formula is C48H62N2O4. The molecule has 4 unspecified atom stereocenters. The van der Waals surface area contributed by atoms with Crippen LogP contribution in [0, 0.1) is 56.8 Å². The SMILES string of the molecule is [C-]#[N+]C1C[C@@]2(C)C(CC[C@]3(C)C2CC(c2ccc(N4CCOCC4)cc2)=C2C4CC(C)(C)CC[C@]4(C(=O)OCc4ccccc4)CC[C@]23C)C(C)(C)C1=O. The number of ketones is 1. The van der Waals surface area contributed by atoms with E-state index in [4.69, 9.17) is 16.0 Å². The molecule has 6 heteroatoms. The van der Waals surface area contributed by atoms with E-state index in [2.05, 4.69) is 82.5 Å². The number of fused-ring (bicyclic) bond motifs is 7. The van der Waals surface area contributed by atoms with E-state index >= 15 is 0 Å². The number of carbonyl (C=O) groups is 2. The Morgan fingerprint density at radius 3 is 2.24 bits per heavy atom. The Balaban J connectivity index is 1.29. The number of morpholine rings is 1. The summed E-state index contributed by atoms with van der Waals surface area (Å²) >= 11 is 0. The lowest BCUT2D eigenvalue weighted by Crippen LogP contribution is -2.66. The van der Waals surface area contributed by atoms with Gasteiger partial charge in [0.25, 0.3) is 6.04 Å². The number of anilines is 1. The lowest BCUT2D eigenvalue weighted by molar-refractivity contribution is -0.191. The summed E-state index contributed by atoms with van der Waals surface area (Å²) in [5.41, 5.74) is 5.12. The van der Waals surface area contributed by atoms with Gasteiger partial charge in [0.05, 0.1) is 18.6 Å². The Bertz CT molecular complexity index is 1870. The van der Waals surface area contributed by atoms with Gasteiger partial charge in [-0.05, 0) is 120 Å². The highest BCUT2D eigenvalue weighted by molar-refractivity contribution is 5.92. The molecule has 54 heavy (non-hydrogen) atoms. The smallest absolute Gasteiger partial charge is 0.313 e. The van der Waals surface area contributed by atoms with Crippen molar-refractivity contribution < 1.29 is 19.1 Å². The van der Waals surface area contributed by atoms with Gasteiger partial charge < -0.3 is 19.2 Å². The van der Waals surface area contributed by atoms with Gasteiger partial charge in [-0.2, -0.15) is 0 Å². The van der Waals surface area contributed by atoms with E-state index in [1.165, 1.54) is 22.4 Å². The summed E-state index contributed by atoms with van der Waals surface area (Å²) in [7, 11) is 0. The van der Waals surface area contributed by atoms with Gasteiger partial charge in [-0.3, -0.25) is 9.59 Å². The van der Waals surface area contributed by atoms with Gasteiger partial charge in [-0.25, -0.2) is 6.57 Å². The van der Waals surface area contributed by atoms with E-state index in [1.807, 2.05) is 30.3 Å². The van der Waals surface area contributed by atoms with Crippen molar-refractivity contribution in [1.29, 1.82) is 0 Å². The lowest BCUT2D eigenvalue weighted by Gasteiger charge is -2.71. The van der Waals surface area contributed by atoms with Crippen molar-refractivity contribution in [2.45, 2.75) is 119 Å².